The van der Waals surface area contributed by atoms with Crippen molar-refractivity contribution in [2.45, 2.75) is 39.2 Å². The number of benzene rings is 1. The van der Waals surface area contributed by atoms with Crippen LogP contribution in [0.4, 0.5) is 4.39 Å². The van der Waals surface area contributed by atoms with E-state index in [1.54, 1.807) is 6.07 Å². The molecule has 2 N–H and O–H groups in total. The molecular formula is C16H23FN2S. The highest BCUT2D eigenvalue weighted by molar-refractivity contribution is 7.80. The van der Waals surface area contributed by atoms with Gasteiger partial charge in [-0.25, -0.2) is 4.39 Å². The summed E-state index contributed by atoms with van der Waals surface area (Å²) in [6.45, 7) is 5.37. The first-order valence-electron chi connectivity index (χ1n) is 7.40. The molecule has 1 aromatic rings. The van der Waals surface area contributed by atoms with E-state index in [9.17, 15) is 4.39 Å². The molecule has 0 bridgehead atoms. The van der Waals surface area contributed by atoms with Crippen LogP contribution in [0, 0.1) is 11.7 Å². The summed E-state index contributed by atoms with van der Waals surface area (Å²) in [5.41, 5.74) is 6.99. The Morgan fingerprint density at radius 2 is 2.10 bits per heavy atom. The van der Waals surface area contributed by atoms with Crippen molar-refractivity contribution in [1.82, 2.24) is 4.90 Å². The summed E-state index contributed by atoms with van der Waals surface area (Å²) in [6, 6.07) is 5.08. The number of hydrogen-bond acceptors (Lipinski definition) is 2. The lowest BCUT2D eigenvalue weighted by molar-refractivity contribution is 0.172. The lowest BCUT2D eigenvalue weighted by atomic mass is 9.92. The van der Waals surface area contributed by atoms with Crippen LogP contribution in [0.5, 0.6) is 0 Å². The summed E-state index contributed by atoms with van der Waals surface area (Å²) in [5, 5.41) is 0. The molecule has 0 radical (unpaired) electrons. The molecule has 1 fully saturated rings. The normalized spacial score (nSPS) is 17.3. The Morgan fingerprint density at radius 1 is 1.40 bits per heavy atom. The van der Waals surface area contributed by atoms with Crippen LogP contribution in [-0.4, -0.2) is 23.0 Å². The maximum Gasteiger partial charge on any atom is 0.133 e. The van der Waals surface area contributed by atoms with Crippen molar-refractivity contribution in [2.75, 3.05) is 13.1 Å². The molecule has 0 spiro atoms. The van der Waals surface area contributed by atoms with Gasteiger partial charge in [-0.3, -0.25) is 4.90 Å². The Bertz CT molecular complexity index is 468. The highest BCUT2D eigenvalue weighted by atomic mass is 32.1. The molecule has 1 aliphatic rings. The molecule has 20 heavy (non-hydrogen) atoms. The predicted molar refractivity (Wildman–Crippen MR) is 85.2 cm³/mol. The Hall–Kier alpha value is -1.00. The number of piperidine rings is 1. The van der Waals surface area contributed by atoms with E-state index in [1.807, 2.05) is 6.07 Å². The van der Waals surface area contributed by atoms with Gasteiger partial charge in [-0.1, -0.05) is 38.0 Å². The van der Waals surface area contributed by atoms with Gasteiger partial charge >= 0.3 is 0 Å². The quantitative estimate of drug-likeness (QED) is 0.843. The predicted octanol–water partition coefficient (Wildman–Crippen LogP) is 3.47. The first-order valence-corrected chi connectivity index (χ1v) is 7.81. The Morgan fingerprint density at radius 3 is 2.70 bits per heavy atom. The van der Waals surface area contributed by atoms with Crippen LogP contribution in [0.25, 0.3) is 0 Å². The number of nitrogens with two attached hydrogens (primary N) is 1. The molecule has 4 heteroatoms. The van der Waals surface area contributed by atoms with E-state index in [-0.39, 0.29) is 10.8 Å². The first-order chi connectivity index (χ1) is 9.60. The minimum Gasteiger partial charge on any atom is -0.389 e. The topological polar surface area (TPSA) is 29.3 Å². The fourth-order valence-corrected chi connectivity index (χ4v) is 3.12. The van der Waals surface area contributed by atoms with E-state index in [0.29, 0.717) is 5.56 Å². The summed E-state index contributed by atoms with van der Waals surface area (Å²) in [5.74, 6) is 0.555. The summed E-state index contributed by atoms with van der Waals surface area (Å²) in [4.78, 5) is 2.56. The Kier molecular flexibility index (Phi) is 5.49. The van der Waals surface area contributed by atoms with Gasteiger partial charge in [-0.15, -0.1) is 0 Å². The average molecular weight is 294 g/mol. The summed E-state index contributed by atoms with van der Waals surface area (Å²) < 4.78 is 13.6. The maximum atomic E-state index is 13.6. The van der Waals surface area contributed by atoms with E-state index in [0.717, 1.165) is 31.1 Å². The average Bonchev–Trinajstić information content (AvgIpc) is 2.43. The number of hydrogen-bond donors (Lipinski definition) is 1. The molecule has 0 aromatic heterocycles. The molecule has 110 valence electrons. The summed E-state index contributed by atoms with van der Waals surface area (Å²) in [6.07, 6.45) is 5.17. The van der Waals surface area contributed by atoms with Crippen molar-refractivity contribution in [3.05, 3.63) is 35.1 Å². The van der Waals surface area contributed by atoms with Crippen LogP contribution >= 0.6 is 12.2 Å². The van der Waals surface area contributed by atoms with Gasteiger partial charge in [-0.05, 0) is 49.5 Å². The van der Waals surface area contributed by atoms with Crippen molar-refractivity contribution < 1.29 is 4.39 Å². The fourth-order valence-electron chi connectivity index (χ4n) is 2.96. The molecule has 2 rings (SSSR count). The molecular weight excluding hydrogens is 271 g/mol. The third-order valence-electron chi connectivity index (χ3n) is 4.11. The molecule has 1 heterocycles. The maximum absolute atomic E-state index is 13.6. The van der Waals surface area contributed by atoms with Gasteiger partial charge < -0.3 is 5.73 Å². The zero-order valence-electron chi connectivity index (χ0n) is 12.1. The van der Waals surface area contributed by atoms with Crippen LogP contribution in [0.15, 0.2) is 18.2 Å². The minimum absolute atomic E-state index is 0.131. The van der Waals surface area contributed by atoms with Gasteiger partial charge in [0, 0.05) is 12.1 Å². The van der Waals surface area contributed by atoms with Crippen LogP contribution in [-0.2, 0) is 6.54 Å². The molecule has 0 aliphatic carbocycles. The van der Waals surface area contributed by atoms with Crippen molar-refractivity contribution in [3.63, 3.8) is 0 Å². The van der Waals surface area contributed by atoms with Crippen LogP contribution in [0.2, 0.25) is 0 Å². The molecule has 1 aliphatic heterocycles. The highest BCUT2D eigenvalue weighted by Gasteiger charge is 2.18. The lowest BCUT2D eigenvalue weighted by Crippen LogP contribution is -2.33. The van der Waals surface area contributed by atoms with E-state index in [1.165, 1.54) is 31.7 Å². The Labute approximate surface area is 126 Å². The standard InChI is InChI=1S/C16H23FN2S/c1-2-3-12-6-8-19(9-7-12)11-13-4-5-15(17)14(10-13)16(18)20/h4-5,10,12H,2-3,6-9,11H2,1H3,(H2,18,20). The van der Waals surface area contributed by atoms with Crippen molar-refractivity contribution >= 4 is 17.2 Å². The second kappa shape index (κ2) is 7.14. The zero-order valence-corrected chi connectivity index (χ0v) is 12.9. The second-order valence-corrected chi connectivity index (χ2v) is 6.13. The van der Waals surface area contributed by atoms with Gasteiger partial charge in [0.2, 0.25) is 0 Å². The third-order valence-corrected chi connectivity index (χ3v) is 4.33. The van der Waals surface area contributed by atoms with E-state index >= 15 is 0 Å². The highest BCUT2D eigenvalue weighted by Crippen LogP contribution is 2.23. The van der Waals surface area contributed by atoms with Crippen LogP contribution < -0.4 is 5.73 Å². The zero-order chi connectivity index (χ0) is 14.5. The molecule has 2 nitrogen and oxygen atoms in total. The SMILES string of the molecule is CCCC1CCN(Cc2ccc(F)c(C(N)=S)c2)CC1. The van der Waals surface area contributed by atoms with Gasteiger partial charge in [0.05, 0.1) is 0 Å². The van der Waals surface area contributed by atoms with E-state index in [4.69, 9.17) is 18.0 Å². The minimum atomic E-state index is -0.331. The monoisotopic (exact) mass is 294 g/mol. The molecule has 1 saturated heterocycles. The Balaban J connectivity index is 1.94. The number of likely N-dealkylation sites (tertiary alicyclic amines) is 1. The summed E-state index contributed by atoms with van der Waals surface area (Å²) >= 11 is 4.88. The van der Waals surface area contributed by atoms with E-state index < -0.39 is 0 Å². The van der Waals surface area contributed by atoms with Crippen molar-refractivity contribution in [3.8, 4) is 0 Å². The summed E-state index contributed by atoms with van der Waals surface area (Å²) in [7, 11) is 0. The third kappa shape index (κ3) is 4.00. The molecule has 1 aromatic carbocycles. The van der Waals surface area contributed by atoms with E-state index in [2.05, 4.69) is 11.8 Å². The number of thiocarbonyl (C=S) groups is 1. The van der Waals surface area contributed by atoms with Crippen LogP contribution in [0.3, 0.4) is 0 Å². The number of halogens is 1. The first kappa shape index (κ1) is 15.4. The number of rotatable bonds is 5. The van der Waals surface area contributed by atoms with Crippen molar-refractivity contribution in [2.24, 2.45) is 11.7 Å². The smallest absolute Gasteiger partial charge is 0.133 e. The van der Waals surface area contributed by atoms with Crippen molar-refractivity contribution in [1.29, 1.82) is 0 Å². The molecule has 0 unspecified atom stereocenters. The van der Waals surface area contributed by atoms with Gasteiger partial charge in [0.25, 0.3) is 0 Å². The molecule has 0 atom stereocenters. The second-order valence-electron chi connectivity index (χ2n) is 5.69. The molecule has 0 saturated carbocycles. The molecule has 0 amide bonds. The van der Waals surface area contributed by atoms with Gasteiger partial charge in [0.1, 0.15) is 10.8 Å². The van der Waals surface area contributed by atoms with Crippen LogP contribution in [0.1, 0.15) is 43.7 Å². The van der Waals surface area contributed by atoms with Gasteiger partial charge in [-0.2, -0.15) is 0 Å². The fraction of sp³-hybridized carbons (Fsp3) is 0.562. The largest absolute Gasteiger partial charge is 0.389 e. The lowest BCUT2D eigenvalue weighted by Gasteiger charge is -2.32. The number of nitrogens with zero attached hydrogens (tertiary/aromatic N) is 1. The van der Waals surface area contributed by atoms with Gasteiger partial charge in [0.15, 0.2) is 0 Å².